The van der Waals surface area contributed by atoms with Crippen LogP contribution in [-0.2, 0) is 0 Å². The number of rotatable bonds is 3. The van der Waals surface area contributed by atoms with Crippen LogP contribution < -0.4 is 11.1 Å². The lowest BCUT2D eigenvalue weighted by Crippen LogP contribution is -2.38. The third-order valence-electron chi connectivity index (χ3n) is 3.66. The van der Waals surface area contributed by atoms with Crippen LogP contribution >= 0.6 is 0 Å². The Hall–Kier alpha value is -1.65. The summed E-state index contributed by atoms with van der Waals surface area (Å²) in [6.07, 6.45) is 8.60. The van der Waals surface area contributed by atoms with E-state index in [4.69, 9.17) is 5.73 Å². The molecule has 1 amide bonds. The number of hydrogen-bond donors (Lipinski definition) is 2. The number of carbonyl (C=O) groups excluding carboxylic acids is 1. The minimum Gasteiger partial charge on any atom is -0.382 e. The summed E-state index contributed by atoms with van der Waals surface area (Å²) in [4.78, 5) is 19.8. The average molecular weight is 248 g/mol. The van der Waals surface area contributed by atoms with Crippen molar-refractivity contribution in [2.24, 2.45) is 5.92 Å². The molecule has 1 saturated carbocycles. The molecule has 0 aromatic carbocycles. The lowest BCUT2D eigenvalue weighted by atomic mass is 9.84. The SMILES string of the molecule is CCC1CCC(NC(=O)c2cnc(N)cn2)CC1. The maximum absolute atomic E-state index is 11.9. The van der Waals surface area contributed by atoms with E-state index in [1.54, 1.807) is 0 Å². The topological polar surface area (TPSA) is 80.9 Å². The van der Waals surface area contributed by atoms with Crippen LogP contribution in [0.2, 0.25) is 0 Å². The maximum Gasteiger partial charge on any atom is 0.271 e. The molecule has 0 aliphatic heterocycles. The zero-order valence-electron chi connectivity index (χ0n) is 10.7. The van der Waals surface area contributed by atoms with Gasteiger partial charge in [0.15, 0.2) is 0 Å². The monoisotopic (exact) mass is 248 g/mol. The van der Waals surface area contributed by atoms with Gasteiger partial charge in [-0.3, -0.25) is 4.79 Å². The van der Waals surface area contributed by atoms with Crippen molar-refractivity contribution in [2.75, 3.05) is 5.73 Å². The zero-order chi connectivity index (χ0) is 13.0. The van der Waals surface area contributed by atoms with E-state index in [1.807, 2.05) is 0 Å². The number of nitrogens with two attached hydrogens (primary N) is 1. The van der Waals surface area contributed by atoms with Gasteiger partial charge in [0, 0.05) is 6.04 Å². The molecule has 0 spiro atoms. The third kappa shape index (κ3) is 3.18. The van der Waals surface area contributed by atoms with Gasteiger partial charge in [-0.05, 0) is 31.6 Å². The van der Waals surface area contributed by atoms with Gasteiger partial charge in [0.05, 0.1) is 12.4 Å². The zero-order valence-corrected chi connectivity index (χ0v) is 10.7. The standard InChI is InChI=1S/C13H20N4O/c1-2-9-3-5-10(6-4-9)17-13(18)11-7-16-12(14)8-15-11/h7-10H,2-6H2,1H3,(H2,14,16)(H,17,18). The van der Waals surface area contributed by atoms with Gasteiger partial charge in [-0.2, -0.15) is 0 Å². The van der Waals surface area contributed by atoms with Crippen molar-refractivity contribution in [1.82, 2.24) is 15.3 Å². The van der Waals surface area contributed by atoms with Crippen molar-refractivity contribution in [2.45, 2.75) is 45.1 Å². The highest BCUT2D eigenvalue weighted by atomic mass is 16.1. The molecule has 0 radical (unpaired) electrons. The summed E-state index contributed by atoms with van der Waals surface area (Å²) in [5.74, 6) is 1.01. The number of nitrogen functional groups attached to an aromatic ring is 1. The molecule has 0 atom stereocenters. The summed E-state index contributed by atoms with van der Waals surface area (Å²) < 4.78 is 0. The Morgan fingerprint density at radius 1 is 1.33 bits per heavy atom. The van der Waals surface area contributed by atoms with Crippen LogP contribution in [0.15, 0.2) is 12.4 Å². The summed E-state index contributed by atoms with van der Waals surface area (Å²) in [5, 5.41) is 3.02. The Morgan fingerprint density at radius 2 is 2.06 bits per heavy atom. The van der Waals surface area contributed by atoms with Gasteiger partial charge in [0.25, 0.3) is 5.91 Å². The second-order valence-electron chi connectivity index (χ2n) is 4.93. The number of carbonyl (C=O) groups is 1. The fourth-order valence-electron chi connectivity index (χ4n) is 2.43. The smallest absolute Gasteiger partial charge is 0.271 e. The third-order valence-corrected chi connectivity index (χ3v) is 3.66. The van der Waals surface area contributed by atoms with E-state index < -0.39 is 0 Å². The summed E-state index contributed by atoms with van der Waals surface area (Å²) in [7, 11) is 0. The highest BCUT2D eigenvalue weighted by Crippen LogP contribution is 2.26. The molecule has 98 valence electrons. The van der Waals surface area contributed by atoms with Gasteiger partial charge in [0.2, 0.25) is 0 Å². The fraction of sp³-hybridized carbons (Fsp3) is 0.615. The van der Waals surface area contributed by atoms with Crippen molar-refractivity contribution < 1.29 is 4.79 Å². The minimum atomic E-state index is -0.151. The Balaban J connectivity index is 1.86. The lowest BCUT2D eigenvalue weighted by Gasteiger charge is -2.28. The van der Waals surface area contributed by atoms with Gasteiger partial charge in [0.1, 0.15) is 11.5 Å². The molecular weight excluding hydrogens is 228 g/mol. The largest absolute Gasteiger partial charge is 0.382 e. The summed E-state index contributed by atoms with van der Waals surface area (Å²) >= 11 is 0. The van der Waals surface area contributed by atoms with E-state index in [-0.39, 0.29) is 11.9 Å². The van der Waals surface area contributed by atoms with Gasteiger partial charge >= 0.3 is 0 Å². The van der Waals surface area contributed by atoms with Gasteiger partial charge < -0.3 is 11.1 Å². The van der Waals surface area contributed by atoms with Crippen LogP contribution in [0.3, 0.4) is 0 Å². The van der Waals surface area contributed by atoms with Crippen molar-refractivity contribution in [3.05, 3.63) is 18.1 Å². The van der Waals surface area contributed by atoms with Crippen LogP contribution in [0.25, 0.3) is 0 Å². The number of aromatic nitrogens is 2. The Labute approximate surface area is 107 Å². The van der Waals surface area contributed by atoms with E-state index in [0.29, 0.717) is 11.5 Å². The fourth-order valence-corrected chi connectivity index (χ4v) is 2.43. The van der Waals surface area contributed by atoms with Gasteiger partial charge in [-0.15, -0.1) is 0 Å². The highest BCUT2D eigenvalue weighted by Gasteiger charge is 2.22. The molecule has 1 aliphatic rings. The predicted molar refractivity (Wildman–Crippen MR) is 69.9 cm³/mol. The molecule has 1 aromatic rings. The molecule has 1 heterocycles. The molecule has 0 bridgehead atoms. The van der Waals surface area contributed by atoms with Crippen LogP contribution in [0, 0.1) is 5.92 Å². The van der Waals surface area contributed by atoms with Gasteiger partial charge in [-0.1, -0.05) is 13.3 Å². The molecule has 2 rings (SSSR count). The Morgan fingerprint density at radius 3 is 2.61 bits per heavy atom. The first-order chi connectivity index (χ1) is 8.69. The first kappa shape index (κ1) is 12.8. The van der Waals surface area contributed by atoms with Crippen LogP contribution in [-0.4, -0.2) is 21.9 Å². The van der Waals surface area contributed by atoms with Crippen molar-refractivity contribution in [3.63, 3.8) is 0 Å². The van der Waals surface area contributed by atoms with E-state index in [0.717, 1.165) is 18.8 Å². The number of hydrogen-bond acceptors (Lipinski definition) is 4. The molecule has 5 nitrogen and oxygen atoms in total. The molecule has 3 N–H and O–H groups in total. The summed E-state index contributed by atoms with van der Waals surface area (Å²) in [6.45, 7) is 2.23. The average Bonchev–Trinajstić information content (AvgIpc) is 2.40. The van der Waals surface area contributed by atoms with E-state index >= 15 is 0 Å². The molecular formula is C13H20N4O. The quantitative estimate of drug-likeness (QED) is 0.854. The normalized spacial score (nSPS) is 23.6. The Kier molecular flexibility index (Phi) is 4.12. The number of amides is 1. The second-order valence-corrected chi connectivity index (χ2v) is 4.93. The molecule has 1 aliphatic carbocycles. The second kappa shape index (κ2) is 5.80. The van der Waals surface area contributed by atoms with Crippen LogP contribution in [0.4, 0.5) is 5.82 Å². The van der Waals surface area contributed by atoms with Crippen molar-refractivity contribution >= 4 is 11.7 Å². The van der Waals surface area contributed by atoms with Gasteiger partial charge in [-0.25, -0.2) is 9.97 Å². The van der Waals surface area contributed by atoms with Crippen LogP contribution in [0.1, 0.15) is 49.5 Å². The first-order valence-electron chi connectivity index (χ1n) is 6.57. The van der Waals surface area contributed by atoms with Crippen LogP contribution in [0.5, 0.6) is 0 Å². The number of nitrogens with one attached hydrogen (secondary N) is 1. The molecule has 1 aromatic heterocycles. The molecule has 18 heavy (non-hydrogen) atoms. The highest BCUT2D eigenvalue weighted by molar-refractivity contribution is 5.92. The molecule has 1 fully saturated rings. The van der Waals surface area contributed by atoms with E-state index in [2.05, 4.69) is 22.2 Å². The summed E-state index contributed by atoms with van der Waals surface area (Å²) in [6, 6.07) is 0.277. The first-order valence-corrected chi connectivity index (χ1v) is 6.57. The Bertz CT molecular complexity index is 396. The summed E-state index contributed by atoms with van der Waals surface area (Å²) in [5.41, 5.74) is 5.77. The van der Waals surface area contributed by atoms with Crippen molar-refractivity contribution in [1.29, 1.82) is 0 Å². The minimum absolute atomic E-state index is 0.151. The number of anilines is 1. The van der Waals surface area contributed by atoms with Crippen molar-refractivity contribution in [3.8, 4) is 0 Å². The molecule has 5 heteroatoms. The maximum atomic E-state index is 11.9. The number of nitrogens with zero attached hydrogens (tertiary/aromatic N) is 2. The molecule has 0 saturated heterocycles. The lowest BCUT2D eigenvalue weighted by molar-refractivity contribution is 0.0916. The van der Waals surface area contributed by atoms with E-state index in [1.165, 1.54) is 31.7 Å². The predicted octanol–water partition coefficient (Wildman–Crippen LogP) is 1.76. The van der Waals surface area contributed by atoms with E-state index in [9.17, 15) is 4.79 Å². The molecule has 0 unspecified atom stereocenters.